The Bertz CT molecular complexity index is 1760. The van der Waals surface area contributed by atoms with Crippen molar-refractivity contribution >= 4 is 43.6 Å². The van der Waals surface area contributed by atoms with Crippen LogP contribution in [0.2, 0.25) is 0 Å². The van der Waals surface area contributed by atoms with E-state index >= 15 is 0 Å². The van der Waals surface area contributed by atoms with E-state index in [0.29, 0.717) is 0 Å². The molecule has 4 aromatic carbocycles. The van der Waals surface area contributed by atoms with Crippen LogP contribution in [0.25, 0.3) is 66.1 Å². The quantitative estimate of drug-likeness (QED) is 0.265. The van der Waals surface area contributed by atoms with Crippen LogP contribution in [0, 0.1) is 0 Å². The van der Waals surface area contributed by atoms with Crippen LogP contribution >= 0.6 is 0 Å². The van der Waals surface area contributed by atoms with Crippen molar-refractivity contribution in [3.05, 3.63) is 109 Å². The molecular formula is C30H18N2O. The van der Waals surface area contributed by atoms with Gasteiger partial charge < -0.3 is 4.42 Å². The van der Waals surface area contributed by atoms with E-state index < -0.39 is 0 Å². The molecule has 7 aromatic rings. The smallest absolute Gasteiger partial charge is 0.145 e. The number of nitrogens with zero attached hydrogens (tertiary/aromatic N) is 2. The zero-order valence-electron chi connectivity index (χ0n) is 17.7. The van der Waals surface area contributed by atoms with Crippen LogP contribution in [0.5, 0.6) is 0 Å². The first-order chi connectivity index (χ1) is 16.4. The van der Waals surface area contributed by atoms with Crippen molar-refractivity contribution in [1.82, 2.24) is 9.97 Å². The van der Waals surface area contributed by atoms with Crippen LogP contribution in [0.4, 0.5) is 0 Å². The molecule has 0 bridgehead atoms. The molecule has 33 heavy (non-hydrogen) atoms. The lowest BCUT2D eigenvalue weighted by Gasteiger charge is -2.13. The largest absolute Gasteiger partial charge is 0.455 e. The van der Waals surface area contributed by atoms with Gasteiger partial charge in [0.2, 0.25) is 0 Å². The minimum Gasteiger partial charge on any atom is -0.455 e. The molecule has 0 saturated carbocycles. The lowest BCUT2D eigenvalue weighted by Crippen LogP contribution is -1.92. The Morgan fingerprint density at radius 2 is 1.36 bits per heavy atom. The maximum Gasteiger partial charge on any atom is 0.145 e. The lowest BCUT2D eigenvalue weighted by molar-refractivity contribution is 0.670. The van der Waals surface area contributed by atoms with Crippen LogP contribution in [0.15, 0.2) is 114 Å². The normalized spacial score (nSPS) is 11.6. The van der Waals surface area contributed by atoms with Crippen molar-refractivity contribution in [2.45, 2.75) is 0 Å². The molecule has 3 aromatic heterocycles. The van der Waals surface area contributed by atoms with Gasteiger partial charge in [-0.3, -0.25) is 4.98 Å². The van der Waals surface area contributed by atoms with Gasteiger partial charge in [0, 0.05) is 44.3 Å². The van der Waals surface area contributed by atoms with E-state index in [0.717, 1.165) is 60.7 Å². The highest BCUT2D eigenvalue weighted by atomic mass is 16.3. The number of hydrogen-bond donors (Lipinski definition) is 0. The molecule has 7 rings (SSSR count). The van der Waals surface area contributed by atoms with E-state index in [9.17, 15) is 0 Å². The van der Waals surface area contributed by atoms with Crippen LogP contribution in [-0.4, -0.2) is 9.97 Å². The second-order valence-corrected chi connectivity index (χ2v) is 8.21. The van der Waals surface area contributed by atoms with Gasteiger partial charge in [-0.15, -0.1) is 0 Å². The Morgan fingerprint density at radius 1 is 0.606 bits per heavy atom. The third-order valence-corrected chi connectivity index (χ3v) is 6.30. The van der Waals surface area contributed by atoms with Gasteiger partial charge in [0.25, 0.3) is 0 Å². The monoisotopic (exact) mass is 422 g/mol. The molecule has 0 atom stereocenters. The number of furan rings is 1. The molecule has 0 radical (unpaired) electrons. The summed E-state index contributed by atoms with van der Waals surface area (Å²) in [6.45, 7) is 0. The first-order valence-corrected chi connectivity index (χ1v) is 11.0. The zero-order chi connectivity index (χ0) is 21.8. The molecule has 0 aliphatic rings. The molecule has 0 unspecified atom stereocenters. The second-order valence-electron chi connectivity index (χ2n) is 8.21. The average molecular weight is 422 g/mol. The molecule has 0 spiro atoms. The topological polar surface area (TPSA) is 38.9 Å². The Balaban J connectivity index is 1.79. The summed E-state index contributed by atoms with van der Waals surface area (Å²) in [5.41, 5.74) is 6.62. The van der Waals surface area contributed by atoms with Gasteiger partial charge in [-0.25, -0.2) is 4.98 Å². The maximum absolute atomic E-state index is 6.48. The van der Waals surface area contributed by atoms with E-state index in [1.807, 2.05) is 48.7 Å². The maximum atomic E-state index is 6.48. The molecule has 0 aliphatic carbocycles. The van der Waals surface area contributed by atoms with E-state index in [2.05, 4.69) is 65.6 Å². The summed E-state index contributed by atoms with van der Waals surface area (Å²) in [6.07, 6.45) is 1.82. The second kappa shape index (κ2) is 7.01. The summed E-state index contributed by atoms with van der Waals surface area (Å²) in [5, 5.41) is 5.60. The summed E-state index contributed by atoms with van der Waals surface area (Å²) in [4.78, 5) is 9.79. The van der Waals surface area contributed by atoms with E-state index in [-0.39, 0.29) is 0 Å². The molecule has 154 valence electrons. The highest BCUT2D eigenvalue weighted by Gasteiger charge is 2.21. The van der Waals surface area contributed by atoms with Crippen molar-refractivity contribution in [2.24, 2.45) is 0 Å². The molecule has 3 heteroatoms. The van der Waals surface area contributed by atoms with E-state index in [4.69, 9.17) is 9.40 Å². The van der Waals surface area contributed by atoms with Crippen LogP contribution in [-0.2, 0) is 0 Å². The summed E-state index contributed by atoms with van der Waals surface area (Å²) in [5.74, 6) is 0. The Kier molecular flexibility index (Phi) is 3.84. The molecule has 0 aliphatic heterocycles. The van der Waals surface area contributed by atoms with Crippen molar-refractivity contribution < 1.29 is 4.42 Å². The fourth-order valence-corrected chi connectivity index (χ4v) is 4.86. The van der Waals surface area contributed by atoms with Crippen molar-refractivity contribution in [2.75, 3.05) is 0 Å². The van der Waals surface area contributed by atoms with Crippen LogP contribution < -0.4 is 0 Å². The zero-order valence-corrected chi connectivity index (χ0v) is 17.7. The highest BCUT2D eigenvalue weighted by molar-refractivity contribution is 6.30. The van der Waals surface area contributed by atoms with Gasteiger partial charge >= 0.3 is 0 Å². The van der Waals surface area contributed by atoms with Crippen LogP contribution in [0.1, 0.15) is 0 Å². The number of pyridine rings is 2. The van der Waals surface area contributed by atoms with Gasteiger partial charge in [-0.1, -0.05) is 72.8 Å². The first kappa shape index (κ1) is 18.1. The lowest BCUT2D eigenvalue weighted by atomic mass is 9.93. The van der Waals surface area contributed by atoms with Gasteiger partial charge in [0.05, 0.1) is 16.9 Å². The number of para-hydroxylation sites is 2. The number of hydrogen-bond acceptors (Lipinski definition) is 3. The number of benzene rings is 4. The predicted molar refractivity (Wildman–Crippen MR) is 135 cm³/mol. The minimum absolute atomic E-state index is 0.859. The molecular weight excluding hydrogens is 404 g/mol. The third-order valence-electron chi connectivity index (χ3n) is 6.30. The fourth-order valence-electron chi connectivity index (χ4n) is 4.86. The van der Waals surface area contributed by atoms with Gasteiger partial charge in [0.1, 0.15) is 11.2 Å². The summed E-state index contributed by atoms with van der Waals surface area (Å²) in [6, 6.07) is 35.2. The molecule has 0 fully saturated rings. The van der Waals surface area contributed by atoms with Gasteiger partial charge in [0.15, 0.2) is 0 Å². The summed E-state index contributed by atoms with van der Waals surface area (Å²) < 4.78 is 6.48. The Morgan fingerprint density at radius 3 is 2.21 bits per heavy atom. The summed E-state index contributed by atoms with van der Waals surface area (Å²) >= 11 is 0. The molecule has 0 amide bonds. The number of fused-ring (bicyclic) bond motifs is 7. The number of rotatable bonds is 2. The van der Waals surface area contributed by atoms with Crippen molar-refractivity contribution in [3.8, 4) is 22.5 Å². The first-order valence-electron chi connectivity index (χ1n) is 11.0. The fraction of sp³-hybridized carbons (Fsp3) is 0. The SMILES string of the molecule is c1ccc(-c2nc3ccccc3c3c2cc(-c2ccccn2)c2oc4ccccc4c23)cc1. The standard InChI is InChI=1S/C30H18N2O/c1-2-10-19(11-3-1)29-23-18-22(24-14-8-9-17-31-24)30-28(21-13-5-7-16-26(21)33-30)27(23)20-12-4-6-15-25(20)32-29/h1-18H. The van der Waals surface area contributed by atoms with Crippen molar-refractivity contribution in [3.63, 3.8) is 0 Å². The highest BCUT2D eigenvalue weighted by Crippen LogP contribution is 2.44. The Hall–Kier alpha value is -4.50. The van der Waals surface area contributed by atoms with E-state index in [1.54, 1.807) is 0 Å². The summed E-state index contributed by atoms with van der Waals surface area (Å²) in [7, 11) is 0. The van der Waals surface area contributed by atoms with Gasteiger partial charge in [-0.05, 0) is 30.3 Å². The average Bonchev–Trinajstić information content (AvgIpc) is 3.28. The Labute approximate surface area is 190 Å². The van der Waals surface area contributed by atoms with E-state index in [1.165, 1.54) is 5.39 Å². The van der Waals surface area contributed by atoms with Crippen LogP contribution in [0.3, 0.4) is 0 Å². The van der Waals surface area contributed by atoms with Gasteiger partial charge in [-0.2, -0.15) is 0 Å². The third kappa shape index (κ3) is 2.69. The molecule has 0 saturated heterocycles. The molecule has 3 heterocycles. The molecule has 3 nitrogen and oxygen atoms in total. The number of aromatic nitrogens is 2. The predicted octanol–water partition coefficient (Wildman–Crippen LogP) is 8.02. The van der Waals surface area contributed by atoms with Crippen molar-refractivity contribution in [1.29, 1.82) is 0 Å². The molecule has 0 N–H and O–H groups in total. The minimum atomic E-state index is 0.859.